The van der Waals surface area contributed by atoms with E-state index in [1.54, 1.807) is 0 Å². The number of morpholine rings is 1. The summed E-state index contributed by atoms with van der Waals surface area (Å²) in [5, 5.41) is 0. The first-order chi connectivity index (χ1) is 6.10. The number of rotatable bonds is 1. The highest BCUT2D eigenvalue weighted by Gasteiger charge is 2.42. The van der Waals surface area contributed by atoms with Gasteiger partial charge in [0.1, 0.15) is 0 Å². The Morgan fingerprint density at radius 3 is 2.15 bits per heavy atom. The average Bonchev–Trinajstić information content (AvgIpc) is 1.98. The van der Waals surface area contributed by atoms with E-state index in [0.717, 1.165) is 12.8 Å². The fraction of sp³-hybridized carbons (Fsp3) is 0.778. The number of carbonyl (C=O) groups is 2. The molecule has 4 heteroatoms. The van der Waals surface area contributed by atoms with Gasteiger partial charge in [-0.15, -0.1) is 0 Å². The second kappa shape index (κ2) is 2.80. The smallest absolute Gasteiger partial charge is 0.327 e. The second-order valence-corrected chi connectivity index (χ2v) is 4.05. The van der Waals surface area contributed by atoms with Gasteiger partial charge < -0.3 is 4.74 Å². The number of carbonyl (C=O) groups excluding carboxylic acids is 2. The largest absolute Gasteiger partial charge is 0.391 e. The van der Waals surface area contributed by atoms with Crippen molar-refractivity contribution < 1.29 is 14.3 Å². The first-order valence-electron chi connectivity index (χ1n) is 4.59. The van der Waals surface area contributed by atoms with E-state index in [-0.39, 0.29) is 18.6 Å². The molecule has 0 atom stereocenters. The Bertz CT molecular complexity index is 242. The maximum absolute atomic E-state index is 11.0. The van der Waals surface area contributed by atoms with Crippen LogP contribution in [0, 0.1) is 0 Å². The minimum atomic E-state index is -0.413. The lowest BCUT2D eigenvalue weighted by atomic mass is 9.77. The molecule has 1 heterocycles. The van der Waals surface area contributed by atoms with Crippen molar-refractivity contribution in [2.45, 2.75) is 31.7 Å². The Kier molecular flexibility index (Phi) is 1.87. The summed E-state index contributed by atoms with van der Waals surface area (Å²) in [5.41, 5.74) is 0.0646. The van der Waals surface area contributed by atoms with Crippen molar-refractivity contribution in [3.8, 4) is 0 Å². The van der Waals surface area contributed by atoms with Gasteiger partial charge >= 0.3 is 11.9 Å². The number of cyclic esters (lactones) is 2. The van der Waals surface area contributed by atoms with Crippen LogP contribution in [0.3, 0.4) is 0 Å². The predicted octanol–water partition coefficient (Wildman–Crippen LogP) is 0.314. The molecule has 0 aromatic rings. The monoisotopic (exact) mass is 183 g/mol. The van der Waals surface area contributed by atoms with Crippen molar-refractivity contribution in [2.24, 2.45) is 0 Å². The van der Waals surface area contributed by atoms with E-state index in [2.05, 4.69) is 11.7 Å². The molecule has 13 heavy (non-hydrogen) atoms. The van der Waals surface area contributed by atoms with Crippen molar-refractivity contribution in [1.82, 2.24) is 4.90 Å². The highest BCUT2D eigenvalue weighted by atomic mass is 16.6. The van der Waals surface area contributed by atoms with Crippen molar-refractivity contribution in [3.63, 3.8) is 0 Å². The summed E-state index contributed by atoms with van der Waals surface area (Å²) in [6.07, 6.45) is 3.34. The third-order valence-electron chi connectivity index (χ3n) is 3.06. The highest BCUT2D eigenvalue weighted by molar-refractivity contribution is 5.90. The van der Waals surface area contributed by atoms with Crippen molar-refractivity contribution in [3.05, 3.63) is 0 Å². The summed E-state index contributed by atoms with van der Waals surface area (Å²) in [6.45, 7) is 2.63. The van der Waals surface area contributed by atoms with Crippen LogP contribution >= 0.6 is 0 Å². The molecule has 72 valence electrons. The van der Waals surface area contributed by atoms with Crippen LogP contribution in [-0.2, 0) is 14.3 Å². The van der Waals surface area contributed by atoms with Gasteiger partial charge in [-0.2, -0.15) is 0 Å². The minimum absolute atomic E-state index is 0.0646. The number of nitrogens with zero attached hydrogens (tertiary/aromatic N) is 1. The van der Waals surface area contributed by atoms with Crippen LogP contribution in [0.4, 0.5) is 0 Å². The van der Waals surface area contributed by atoms with Gasteiger partial charge in [0, 0.05) is 5.54 Å². The van der Waals surface area contributed by atoms with Crippen molar-refractivity contribution in [2.75, 3.05) is 13.1 Å². The predicted molar refractivity (Wildman–Crippen MR) is 44.9 cm³/mol. The molecule has 0 spiro atoms. The van der Waals surface area contributed by atoms with Crippen LogP contribution in [0.5, 0.6) is 0 Å². The molecule has 0 N–H and O–H groups in total. The number of esters is 2. The van der Waals surface area contributed by atoms with E-state index in [9.17, 15) is 9.59 Å². The summed E-state index contributed by atoms with van der Waals surface area (Å²) in [4.78, 5) is 23.9. The van der Waals surface area contributed by atoms with E-state index in [1.807, 2.05) is 4.90 Å². The van der Waals surface area contributed by atoms with Crippen LogP contribution in [0.1, 0.15) is 26.2 Å². The van der Waals surface area contributed by atoms with Crippen LogP contribution in [0.2, 0.25) is 0 Å². The molecule has 0 unspecified atom stereocenters. The van der Waals surface area contributed by atoms with Crippen molar-refractivity contribution in [1.29, 1.82) is 0 Å². The lowest BCUT2D eigenvalue weighted by Gasteiger charge is -2.48. The Hall–Kier alpha value is -0.900. The Labute approximate surface area is 76.8 Å². The third kappa shape index (κ3) is 1.46. The fourth-order valence-electron chi connectivity index (χ4n) is 1.95. The molecule has 0 aromatic heterocycles. The molecule has 1 saturated carbocycles. The summed E-state index contributed by atoms with van der Waals surface area (Å²) in [5.74, 6) is -0.825. The van der Waals surface area contributed by atoms with E-state index in [1.165, 1.54) is 6.42 Å². The molecule has 2 aliphatic rings. The van der Waals surface area contributed by atoms with Crippen molar-refractivity contribution >= 4 is 11.9 Å². The fourth-order valence-corrected chi connectivity index (χ4v) is 1.95. The Morgan fingerprint density at radius 1 is 1.23 bits per heavy atom. The normalized spacial score (nSPS) is 28.1. The molecular weight excluding hydrogens is 170 g/mol. The van der Waals surface area contributed by atoms with Crippen LogP contribution in [-0.4, -0.2) is 35.5 Å². The van der Waals surface area contributed by atoms with Gasteiger partial charge in [-0.1, -0.05) is 0 Å². The Morgan fingerprint density at radius 2 is 1.77 bits per heavy atom. The van der Waals surface area contributed by atoms with E-state index in [0.29, 0.717) is 0 Å². The second-order valence-electron chi connectivity index (χ2n) is 4.05. The molecule has 4 nitrogen and oxygen atoms in total. The van der Waals surface area contributed by atoms with Crippen LogP contribution in [0.25, 0.3) is 0 Å². The summed E-state index contributed by atoms with van der Waals surface area (Å²) < 4.78 is 4.46. The maximum atomic E-state index is 11.0. The quantitative estimate of drug-likeness (QED) is 0.433. The first kappa shape index (κ1) is 8.69. The zero-order valence-corrected chi connectivity index (χ0v) is 7.71. The number of ether oxygens (including phenoxy) is 1. The van der Waals surface area contributed by atoms with Gasteiger partial charge in [-0.25, -0.2) is 0 Å². The molecule has 1 saturated heterocycles. The van der Waals surface area contributed by atoms with E-state index < -0.39 is 11.9 Å². The summed E-state index contributed by atoms with van der Waals surface area (Å²) in [6, 6.07) is 0. The standard InChI is InChI=1S/C9H13NO3/c1-9(3-2-4-9)10-5-7(11)13-8(12)6-10/h2-6H2,1H3. The molecule has 0 amide bonds. The lowest BCUT2D eigenvalue weighted by Crippen LogP contribution is -2.57. The van der Waals surface area contributed by atoms with Gasteiger partial charge in [0.2, 0.25) is 0 Å². The molecule has 0 bridgehead atoms. The van der Waals surface area contributed by atoms with Crippen LogP contribution in [0.15, 0.2) is 0 Å². The van der Waals surface area contributed by atoms with Gasteiger partial charge in [0.25, 0.3) is 0 Å². The zero-order valence-electron chi connectivity index (χ0n) is 7.71. The summed E-state index contributed by atoms with van der Waals surface area (Å²) in [7, 11) is 0. The van der Waals surface area contributed by atoms with Gasteiger partial charge in [0.05, 0.1) is 13.1 Å². The number of hydrogen-bond acceptors (Lipinski definition) is 4. The van der Waals surface area contributed by atoms with Gasteiger partial charge in [-0.05, 0) is 26.2 Å². The minimum Gasteiger partial charge on any atom is -0.391 e. The van der Waals surface area contributed by atoms with E-state index >= 15 is 0 Å². The van der Waals surface area contributed by atoms with Crippen LogP contribution < -0.4 is 0 Å². The third-order valence-corrected chi connectivity index (χ3v) is 3.06. The molecule has 2 fully saturated rings. The number of hydrogen-bond donors (Lipinski definition) is 0. The highest BCUT2D eigenvalue weighted by Crippen LogP contribution is 2.37. The molecule has 2 rings (SSSR count). The topological polar surface area (TPSA) is 46.6 Å². The van der Waals surface area contributed by atoms with Gasteiger partial charge in [0.15, 0.2) is 0 Å². The zero-order chi connectivity index (χ0) is 9.47. The average molecular weight is 183 g/mol. The first-order valence-corrected chi connectivity index (χ1v) is 4.59. The molecule has 1 aliphatic carbocycles. The molecule has 1 aliphatic heterocycles. The molecular formula is C9H13NO3. The maximum Gasteiger partial charge on any atom is 0.327 e. The SMILES string of the molecule is CC1(N2CC(=O)OC(=O)C2)CCC1. The molecule has 0 aromatic carbocycles. The Balaban J connectivity index is 2.06. The lowest BCUT2D eigenvalue weighted by molar-refractivity contribution is -0.171. The summed E-state index contributed by atoms with van der Waals surface area (Å²) >= 11 is 0. The van der Waals surface area contributed by atoms with E-state index in [4.69, 9.17) is 0 Å². The van der Waals surface area contributed by atoms with Gasteiger partial charge in [-0.3, -0.25) is 14.5 Å². The molecule has 0 radical (unpaired) electrons.